The Hall–Kier alpha value is -0.260. The summed E-state index contributed by atoms with van der Waals surface area (Å²) in [5.41, 5.74) is 0.0652. The predicted molar refractivity (Wildman–Crippen MR) is 60.0 cm³/mol. The van der Waals surface area contributed by atoms with E-state index in [4.69, 9.17) is 21.6 Å². The largest absolute Gasteiger partial charge is 0.356 e. The molecular formula is C13H16ClNO. The summed E-state index contributed by atoms with van der Waals surface area (Å²) in [6.07, 6.45) is 6.90. The highest BCUT2D eigenvalue weighted by Gasteiger charge is 2.66. The normalized spacial score (nSPS) is 62.0. The lowest BCUT2D eigenvalue weighted by molar-refractivity contribution is -0.287. The fourth-order valence-electron chi connectivity index (χ4n) is 5.11. The van der Waals surface area contributed by atoms with Crippen molar-refractivity contribution in [3.8, 4) is 6.07 Å². The van der Waals surface area contributed by atoms with E-state index in [1.807, 2.05) is 0 Å². The van der Waals surface area contributed by atoms with Gasteiger partial charge in [-0.1, -0.05) is 0 Å². The molecule has 5 aliphatic rings. The molecule has 6 atom stereocenters. The van der Waals surface area contributed by atoms with Crippen molar-refractivity contribution in [3.05, 3.63) is 0 Å². The van der Waals surface area contributed by atoms with Crippen LogP contribution in [-0.2, 0) is 4.74 Å². The molecule has 1 saturated heterocycles. The smallest absolute Gasteiger partial charge is 0.147 e. The molecule has 0 amide bonds. The zero-order valence-corrected chi connectivity index (χ0v) is 10.0. The molecule has 0 aromatic carbocycles. The highest BCUT2D eigenvalue weighted by molar-refractivity contribution is 6.24. The molecule has 5 rings (SSSR count). The average molecular weight is 238 g/mol. The van der Waals surface area contributed by atoms with Crippen LogP contribution in [0.3, 0.4) is 0 Å². The van der Waals surface area contributed by atoms with Crippen molar-refractivity contribution >= 4 is 11.6 Å². The van der Waals surface area contributed by atoms with E-state index >= 15 is 0 Å². The minimum atomic E-state index is -0.135. The maximum atomic E-state index is 8.87. The van der Waals surface area contributed by atoms with Crippen molar-refractivity contribution in [2.75, 3.05) is 0 Å². The third-order valence-electron chi connectivity index (χ3n) is 5.51. The van der Waals surface area contributed by atoms with Crippen LogP contribution >= 0.6 is 11.6 Å². The Morgan fingerprint density at radius 2 is 1.75 bits per heavy atom. The highest BCUT2D eigenvalue weighted by Crippen LogP contribution is 2.66. The van der Waals surface area contributed by atoms with Gasteiger partial charge in [0.2, 0.25) is 0 Å². The van der Waals surface area contributed by atoms with Crippen molar-refractivity contribution in [1.82, 2.24) is 0 Å². The Morgan fingerprint density at radius 3 is 2.25 bits per heavy atom. The van der Waals surface area contributed by atoms with Gasteiger partial charge in [0.15, 0.2) is 0 Å². The monoisotopic (exact) mass is 237 g/mol. The van der Waals surface area contributed by atoms with Crippen LogP contribution in [0.1, 0.15) is 38.5 Å². The molecule has 1 spiro atoms. The van der Waals surface area contributed by atoms with Gasteiger partial charge in [-0.2, -0.15) is 5.26 Å². The lowest BCUT2D eigenvalue weighted by Crippen LogP contribution is -2.69. The first-order valence-electron chi connectivity index (χ1n) is 6.40. The van der Waals surface area contributed by atoms with Gasteiger partial charge in [-0.3, -0.25) is 0 Å². The molecule has 2 nitrogen and oxygen atoms in total. The summed E-state index contributed by atoms with van der Waals surface area (Å²) in [7, 11) is 0. The van der Waals surface area contributed by atoms with Crippen LogP contribution in [0.25, 0.3) is 0 Å². The molecule has 3 heteroatoms. The second-order valence-electron chi connectivity index (χ2n) is 6.39. The first-order valence-corrected chi connectivity index (χ1v) is 6.78. The first-order chi connectivity index (χ1) is 7.63. The molecule has 16 heavy (non-hydrogen) atoms. The standard InChI is InChI=1S/C13H16ClNO/c14-12-3-8-1-9(4-12)13(10(2-8)5-12)6-11(7-15)16-13/h8-11H,1-6H2/t8?,9-,10+,11?,12?,13?. The van der Waals surface area contributed by atoms with Crippen LogP contribution < -0.4 is 0 Å². The van der Waals surface area contributed by atoms with E-state index < -0.39 is 0 Å². The Balaban J connectivity index is 1.66. The number of alkyl halides is 1. The third-order valence-corrected chi connectivity index (χ3v) is 5.97. The molecule has 0 aromatic heterocycles. The molecule has 4 saturated carbocycles. The van der Waals surface area contributed by atoms with E-state index in [1.54, 1.807) is 0 Å². The van der Waals surface area contributed by atoms with Gasteiger partial charge in [-0.15, -0.1) is 11.6 Å². The topological polar surface area (TPSA) is 33.0 Å². The van der Waals surface area contributed by atoms with Gasteiger partial charge in [0.1, 0.15) is 6.10 Å². The Morgan fingerprint density at radius 1 is 1.12 bits per heavy atom. The minimum absolute atomic E-state index is 0.0652. The molecule has 5 fully saturated rings. The molecule has 4 bridgehead atoms. The Bertz CT molecular complexity index is 364. The molecule has 0 radical (unpaired) electrons. The molecule has 0 aromatic rings. The third kappa shape index (κ3) is 1.02. The van der Waals surface area contributed by atoms with E-state index in [-0.39, 0.29) is 16.6 Å². The van der Waals surface area contributed by atoms with E-state index in [9.17, 15) is 0 Å². The summed E-state index contributed by atoms with van der Waals surface area (Å²) >= 11 is 6.69. The Kier molecular flexibility index (Phi) is 1.68. The van der Waals surface area contributed by atoms with Gasteiger partial charge in [0, 0.05) is 11.3 Å². The lowest BCUT2D eigenvalue weighted by atomic mass is 9.47. The van der Waals surface area contributed by atoms with E-state index in [2.05, 4.69) is 6.07 Å². The lowest BCUT2D eigenvalue weighted by Gasteiger charge is -2.67. The summed E-state index contributed by atoms with van der Waals surface area (Å²) in [6.45, 7) is 0. The second-order valence-corrected chi connectivity index (χ2v) is 7.19. The van der Waals surface area contributed by atoms with Crippen LogP contribution in [0.15, 0.2) is 0 Å². The fraction of sp³-hybridized carbons (Fsp3) is 0.923. The predicted octanol–water partition coefficient (Wildman–Crippen LogP) is 2.86. The highest BCUT2D eigenvalue weighted by atomic mass is 35.5. The number of rotatable bonds is 0. The average Bonchev–Trinajstić information content (AvgIpc) is 2.12. The van der Waals surface area contributed by atoms with Crippen LogP contribution in [0.2, 0.25) is 0 Å². The van der Waals surface area contributed by atoms with Gasteiger partial charge in [0.05, 0.1) is 11.7 Å². The van der Waals surface area contributed by atoms with E-state index in [0.29, 0.717) is 11.8 Å². The SMILES string of the molecule is N#CC1CC2(O1)[C@@H]1CC3C[C@H]2CC(Cl)(C3)C1. The van der Waals surface area contributed by atoms with Gasteiger partial charge in [-0.25, -0.2) is 0 Å². The van der Waals surface area contributed by atoms with Crippen LogP contribution in [0, 0.1) is 29.1 Å². The summed E-state index contributed by atoms with van der Waals surface area (Å²) in [5, 5.41) is 8.87. The number of hydrogen-bond acceptors (Lipinski definition) is 2. The van der Waals surface area contributed by atoms with E-state index in [1.165, 1.54) is 19.3 Å². The van der Waals surface area contributed by atoms with E-state index in [0.717, 1.165) is 25.2 Å². The number of hydrogen-bond donors (Lipinski definition) is 0. The number of ether oxygens (including phenoxy) is 1. The molecule has 1 heterocycles. The molecule has 1 aliphatic heterocycles. The maximum absolute atomic E-state index is 8.87. The van der Waals surface area contributed by atoms with Gasteiger partial charge >= 0.3 is 0 Å². The van der Waals surface area contributed by atoms with Crippen molar-refractivity contribution in [3.63, 3.8) is 0 Å². The van der Waals surface area contributed by atoms with Crippen molar-refractivity contribution < 1.29 is 4.74 Å². The van der Waals surface area contributed by atoms with Crippen molar-refractivity contribution in [1.29, 1.82) is 5.26 Å². The van der Waals surface area contributed by atoms with Crippen molar-refractivity contribution in [2.45, 2.75) is 55.1 Å². The summed E-state index contributed by atoms with van der Waals surface area (Å²) in [5.74, 6) is 2.12. The number of nitrogens with zero attached hydrogens (tertiary/aromatic N) is 1. The maximum Gasteiger partial charge on any atom is 0.147 e. The molecule has 86 valence electrons. The van der Waals surface area contributed by atoms with Crippen LogP contribution in [0.4, 0.5) is 0 Å². The van der Waals surface area contributed by atoms with Gasteiger partial charge in [0.25, 0.3) is 0 Å². The molecule has 0 N–H and O–H groups in total. The quantitative estimate of drug-likeness (QED) is 0.607. The summed E-state index contributed by atoms with van der Waals surface area (Å²) in [6, 6.07) is 2.24. The van der Waals surface area contributed by atoms with Gasteiger partial charge < -0.3 is 4.74 Å². The molecule has 4 unspecified atom stereocenters. The number of halogens is 1. The van der Waals surface area contributed by atoms with Crippen molar-refractivity contribution in [2.24, 2.45) is 17.8 Å². The van der Waals surface area contributed by atoms with Crippen LogP contribution in [-0.4, -0.2) is 16.6 Å². The zero-order valence-electron chi connectivity index (χ0n) is 9.29. The number of nitriles is 1. The molecular weight excluding hydrogens is 222 g/mol. The minimum Gasteiger partial charge on any atom is -0.356 e. The second kappa shape index (κ2) is 2.76. The van der Waals surface area contributed by atoms with Crippen LogP contribution in [0.5, 0.6) is 0 Å². The molecule has 4 aliphatic carbocycles. The summed E-state index contributed by atoms with van der Waals surface area (Å²) < 4.78 is 5.98. The van der Waals surface area contributed by atoms with Gasteiger partial charge in [-0.05, 0) is 49.9 Å². The Labute approximate surface area is 101 Å². The first kappa shape index (κ1) is 9.74. The zero-order chi connectivity index (χ0) is 11.0. The fourth-order valence-corrected chi connectivity index (χ4v) is 5.70. The summed E-state index contributed by atoms with van der Waals surface area (Å²) in [4.78, 5) is 0.0862.